The van der Waals surface area contributed by atoms with E-state index < -0.39 is 0 Å². The minimum absolute atomic E-state index is 0.390. The number of aromatic nitrogens is 2. The first-order valence-corrected chi connectivity index (χ1v) is 8.53. The van der Waals surface area contributed by atoms with Crippen molar-refractivity contribution in [2.45, 2.75) is 6.61 Å². The van der Waals surface area contributed by atoms with Gasteiger partial charge in [-0.25, -0.2) is 0 Å². The van der Waals surface area contributed by atoms with E-state index in [2.05, 4.69) is 10.2 Å². The van der Waals surface area contributed by atoms with Crippen molar-refractivity contribution in [3.8, 4) is 28.7 Å². The van der Waals surface area contributed by atoms with E-state index in [1.165, 1.54) is 0 Å². The minimum atomic E-state index is 0.390. The third kappa shape index (κ3) is 3.60. The molecule has 0 saturated carbocycles. The number of ether oxygens (including phenoxy) is 1. The lowest BCUT2D eigenvalue weighted by Gasteiger charge is -2.09. The average Bonchev–Trinajstić information content (AvgIpc) is 3.19. The summed E-state index contributed by atoms with van der Waals surface area (Å²) in [6, 6.07) is 24.8. The molecular weight excluding hydrogens is 348 g/mol. The van der Waals surface area contributed by atoms with Crippen molar-refractivity contribution in [3.63, 3.8) is 0 Å². The molecule has 5 heteroatoms. The fourth-order valence-corrected chi connectivity index (χ4v) is 2.70. The molecule has 4 rings (SSSR count). The fraction of sp³-hybridized carbons (Fsp3) is 0.0476. The molecule has 0 saturated heterocycles. The Morgan fingerprint density at radius 3 is 2.27 bits per heavy atom. The van der Waals surface area contributed by atoms with Crippen LogP contribution in [0.4, 0.5) is 0 Å². The molecule has 4 aromatic rings. The highest BCUT2D eigenvalue weighted by Gasteiger charge is 2.14. The molecule has 128 valence electrons. The monoisotopic (exact) mass is 362 g/mol. The van der Waals surface area contributed by atoms with E-state index in [1.54, 1.807) is 12.1 Å². The first-order chi connectivity index (χ1) is 12.8. The van der Waals surface area contributed by atoms with Gasteiger partial charge >= 0.3 is 0 Å². The highest BCUT2D eigenvalue weighted by molar-refractivity contribution is 6.30. The lowest BCUT2D eigenvalue weighted by Crippen LogP contribution is -1.98. The summed E-state index contributed by atoms with van der Waals surface area (Å²) < 4.78 is 11.7. The van der Waals surface area contributed by atoms with Gasteiger partial charge in [0, 0.05) is 21.7 Å². The van der Waals surface area contributed by atoms with Crippen LogP contribution in [0.15, 0.2) is 83.3 Å². The van der Waals surface area contributed by atoms with Gasteiger partial charge in [-0.3, -0.25) is 0 Å². The highest BCUT2D eigenvalue weighted by Crippen LogP contribution is 2.27. The lowest BCUT2D eigenvalue weighted by atomic mass is 10.1. The molecule has 3 aromatic carbocycles. The van der Waals surface area contributed by atoms with Crippen molar-refractivity contribution < 1.29 is 9.15 Å². The van der Waals surface area contributed by atoms with Gasteiger partial charge in [0.15, 0.2) is 0 Å². The summed E-state index contributed by atoms with van der Waals surface area (Å²) in [5.41, 5.74) is 2.71. The van der Waals surface area contributed by atoms with Crippen LogP contribution in [0.1, 0.15) is 5.56 Å². The Bertz CT molecular complexity index is 998. The van der Waals surface area contributed by atoms with E-state index in [0.29, 0.717) is 23.4 Å². The van der Waals surface area contributed by atoms with Gasteiger partial charge in [-0.05, 0) is 42.5 Å². The molecule has 0 aliphatic carbocycles. The summed E-state index contributed by atoms with van der Waals surface area (Å²) in [6.45, 7) is 0.390. The van der Waals surface area contributed by atoms with Gasteiger partial charge in [0.05, 0.1) is 0 Å². The van der Waals surface area contributed by atoms with Crippen molar-refractivity contribution in [2.24, 2.45) is 0 Å². The zero-order valence-corrected chi connectivity index (χ0v) is 14.6. The van der Waals surface area contributed by atoms with Gasteiger partial charge < -0.3 is 9.15 Å². The number of hydrogen-bond acceptors (Lipinski definition) is 4. The molecule has 0 unspecified atom stereocenters. The van der Waals surface area contributed by atoms with Crippen molar-refractivity contribution in [1.29, 1.82) is 0 Å². The number of benzene rings is 3. The van der Waals surface area contributed by atoms with Crippen LogP contribution >= 0.6 is 11.6 Å². The molecule has 0 amide bonds. The lowest BCUT2D eigenvalue weighted by molar-refractivity contribution is 0.306. The maximum absolute atomic E-state index is 5.90. The van der Waals surface area contributed by atoms with Crippen LogP contribution in [0.2, 0.25) is 5.02 Å². The maximum Gasteiger partial charge on any atom is 0.248 e. The Kier molecular flexibility index (Phi) is 4.67. The van der Waals surface area contributed by atoms with Gasteiger partial charge in [0.1, 0.15) is 12.4 Å². The molecule has 1 heterocycles. The van der Waals surface area contributed by atoms with Gasteiger partial charge in [0.2, 0.25) is 11.8 Å². The summed E-state index contributed by atoms with van der Waals surface area (Å²) >= 11 is 5.90. The van der Waals surface area contributed by atoms with Crippen LogP contribution in [-0.2, 0) is 6.61 Å². The van der Waals surface area contributed by atoms with Crippen LogP contribution in [0.5, 0.6) is 5.75 Å². The Hall–Kier alpha value is -3.11. The summed E-state index contributed by atoms with van der Waals surface area (Å²) in [5, 5.41) is 9.04. The molecule has 1 aromatic heterocycles. The second kappa shape index (κ2) is 7.42. The van der Waals surface area contributed by atoms with Gasteiger partial charge in [-0.15, -0.1) is 10.2 Å². The molecule has 0 radical (unpaired) electrons. The number of halogens is 1. The van der Waals surface area contributed by atoms with E-state index in [4.69, 9.17) is 20.8 Å². The second-order valence-electron chi connectivity index (χ2n) is 5.68. The molecule has 0 bridgehead atoms. The normalized spacial score (nSPS) is 10.7. The van der Waals surface area contributed by atoms with Gasteiger partial charge in [-0.1, -0.05) is 48.0 Å². The minimum Gasteiger partial charge on any atom is -0.489 e. The molecule has 0 atom stereocenters. The SMILES string of the molecule is Clc1ccc(OCc2ccccc2-c2nnc(-c3ccccc3)o2)cc1. The number of hydrogen-bond donors (Lipinski definition) is 0. The molecule has 0 aliphatic heterocycles. The quantitative estimate of drug-likeness (QED) is 0.461. The van der Waals surface area contributed by atoms with Crippen LogP contribution in [0.3, 0.4) is 0 Å². The van der Waals surface area contributed by atoms with Crippen LogP contribution in [0.25, 0.3) is 22.9 Å². The highest BCUT2D eigenvalue weighted by atomic mass is 35.5. The predicted molar refractivity (Wildman–Crippen MR) is 101 cm³/mol. The first kappa shape index (κ1) is 16.4. The predicted octanol–water partition coefficient (Wildman–Crippen LogP) is 5.64. The topological polar surface area (TPSA) is 48.2 Å². The number of rotatable bonds is 5. The van der Waals surface area contributed by atoms with Crippen LogP contribution < -0.4 is 4.74 Å². The van der Waals surface area contributed by atoms with Gasteiger partial charge in [-0.2, -0.15) is 0 Å². The van der Waals surface area contributed by atoms with E-state index in [9.17, 15) is 0 Å². The third-order valence-corrected chi connectivity index (χ3v) is 4.15. The Morgan fingerprint density at radius 1 is 0.769 bits per heavy atom. The molecule has 0 spiro atoms. The van der Waals surface area contributed by atoms with Crippen LogP contribution in [0, 0.1) is 0 Å². The first-order valence-electron chi connectivity index (χ1n) is 8.15. The standard InChI is InChI=1S/C21H15ClN2O2/c22-17-10-12-18(13-11-17)25-14-16-8-4-5-9-19(16)21-24-23-20(26-21)15-6-2-1-3-7-15/h1-13H,14H2. The fourth-order valence-electron chi connectivity index (χ4n) is 2.58. The molecule has 4 nitrogen and oxygen atoms in total. The molecule has 0 N–H and O–H groups in total. The smallest absolute Gasteiger partial charge is 0.248 e. The van der Waals surface area contributed by atoms with E-state index in [0.717, 1.165) is 22.4 Å². The third-order valence-electron chi connectivity index (χ3n) is 3.90. The average molecular weight is 363 g/mol. The van der Waals surface area contributed by atoms with Crippen LogP contribution in [-0.4, -0.2) is 10.2 Å². The zero-order valence-electron chi connectivity index (χ0n) is 13.8. The van der Waals surface area contributed by atoms with Crippen molar-refractivity contribution in [2.75, 3.05) is 0 Å². The summed E-state index contributed by atoms with van der Waals surface area (Å²) in [5.74, 6) is 1.72. The van der Waals surface area contributed by atoms with Crippen molar-refractivity contribution >= 4 is 11.6 Å². The largest absolute Gasteiger partial charge is 0.489 e. The second-order valence-corrected chi connectivity index (χ2v) is 6.11. The molecule has 26 heavy (non-hydrogen) atoms. The van der Waals surface area contributed by atoms with E-state index >= 15 is 0 Å². The summed E-state index contributed by atoms with van der Waals surface area (Å²) in [4.78, 5) is 0. The summed E-state index contributed by atoms with van der Waals surface area (Å²) in [7, 11) is 0. The Labute approximate surface area is 156 Å². The molecule has 0 aliphatic rings. The maximum atomic E-state index is 5.90. The van der Waals surface area contributed by atoms with E-state index in [-0.39, 0.29) is 0 Å². The van der Waals surface area contributed by atoms with E-state index in [1.807, 2.05) is 66.7 Å². The molecule has 0 fully saturated rings. The van der Waals surface area contributed by atoms with Crippen molar-refractivity contribution in [3.05, 3.63) is 89.4 Å². The zero-order chi connectivity index (χ0) is 17.8. The van der Waals surface area contributed by atoms with Gasteiger partial charge in [0.25, 0.3) is 0 Å². The Balaban J connectivity index is 1.58. The number of nitrogens with zero attached hydrogens (tertiary/aromatic N) is 2. The summed E-state index contributed by atoms with van der Waals surface area (Å²) in [6.07, 6.45) is 0. The van der Waals surface area contributed by atoms with Crippen molar-refractivity contribution in [1.82, 2.24) is 10.2 Å². The Morgan fingerprint density at radius 2 is 1.46 bits per heavy atom. The molecular formula is C21H15ClN2O2.